The number of piperidine rings is 1. The number of ether oxygens (including phenoxy) is 1. The highest BCUT2D eigenvalue weighted by atomic mass is 16.5. The Morgan fingerprint density at radius 2 is 1.83 bits per heavy atom. The molecule has 0 aliphatic carbocycles. The Bertz CT molecular complexity index is 910. The normalized spacial score (nSPS) is 15.5. The lowest BCUT2D eigenvalue weighted by Gasteiger charge is -2.30. The van der Waals surface area contributed by atoms with Crippen molar-refractivity contribution in [1.82, 2.24) is 20.2 Å². The SMILES string of the molecule is CC(C)(C)c1ccc(OCc2nnc(C3CCN(c4cnccn4)CC3)o2)cc1. The third-order valence-corrected chi connectivity index (χ3v) is 5.28. The number of aromatic nitrogens is 4. The fourth-order valence-corrected chi connectivity index (χ4v) is 3.50. The van der Waals surface area contributed by atoms with Gasteiger partial charge >= 0.3 is 0 Å². The Hall–Kier alpha value is -2.96. The zero-order valence-electron chi connectivity index (χ0n) is 17.2. The van der Waals surface area contributed by atoms with Crippen LogP contribution in [0, 0.1) is 0 Å². The summed E-state index contributed by atoms with van der Waals surface area (Å²) in [5.74, 6) is 3.20. The summed E-state index contributed by atoms with van der Waals surface area (Å²) in [7, 11) is 0. The van der Waals surface area contributed by atoms with E-state index in [1.54, 1.807) is 18.6 Å². The van der Waals surface area contributed by atoms with Crippen molar-refractivity contribution in [2.45, 2.75) is 51.6 Å². The van der Waals surface area contributed by atoms with Gasteiger partial charge < -0.3 is 14.1 Å². The van der Waals surface area contributed by atoms with Crippen molar-refractivity contribution in [1.29, 1.82) is 0 Å². The first-order valence-corrected chi connectivity index (χ1v) is 10.1. The molecule has 0 atom stereocenters. The van der Waals surface area contributed by atoms with E-state index in [1.807, 2.05) is 12.1 Å². The summed E-state index contributed by atoms with van der Waals surface area (Å²) >= 11 is 0. The van der Waals surface area contributed by atoms with Gasteiger partial charge in [0.05, 0.1) is 6.20 Å². The van der Waals surface area contributed by atoms with Crippen LogP contribution in [0.5, 0.6) is 5.75 Å². The summed E-state index contributed by atoms with van der Waals surface area (Å²) in [4.78, 5) is 10.8. The van der Waals surface area contributed by atoms with Crippen molar-refractivity contribution in [3.63, 3.8) is 0 Å². The maximum Gasteiger partial charge on any atom is 0.253 e. The fourth-order valence-electron chi connectivity index (χ4n) is 3.50. The molecule has 3 aromatic rings. The Balaban J connectivity index is 1.30. The second-order valence-corrected chi connectivity index (χ2v) is 8.42. The molecule has 1 fully saturated rings. The van der Waals surface area contributed by atoms with Gasteiger partial charge in [0, 0.05) is 31.4 Å². The average molecular weight is 393 g/mol. The van der Waals surface area contributed by atoms with E-state index in [9.17, 15) is 0 Å². The van der Waals surface area contributed by atoms with Gasteiger partial charge in [0.25, 0.3) is 5.89 Å². The largest absolute Gasteiger partial charge is 0.484 e. The van der Waals surface area contributed by atoms with E-state index in [0.29, 0.717) is 11.8 Å². The van der Waals surface area contributed by atoms with Gasteiger partial charge in [0.15, 0.2) is 6.61 Å². The Labute approximate surface area is 171 Å². The Morgan fingerprint density at radius 1 is 1.07 bits per heavy atom. The highest BCUT2D eigenvalue weighted by Crippen LogP contribution is 2.29. The summed E-state index contributed by atoms with van der Waals surface area (Å²) in [6, 6.07) is 8.17. The molecule has 1 aliphatic rings. The number of benzene rings is 1. The first-order chi connectivity index (χ1) is 14.0. The van der Waals surface area contributed by atoms with Crippen LogP contribution in [0.15, 0.2) is 47.3 Å². The predicted molar refractivity (Wildman–Crippen MR) is 110 cm³/mol. The van der Waals surface area contributed by atoms with Gasteiger partial charge in [-0.15, -0.1) is 10.2 Å². The number of hydrogen-bond donors (Lipinski definition) is 0. The van der Waals surface area contributed by atoms with Gasteiger partial charge in [0.2, 0.25) is 5.89 Å². The number of nitrogens with zero attached hydrogens (tertiary/aromatic N) is 5. The molecule has 0 radical (unpaired) electrons. The van der Waals surface area contributed by atoms with Crippen molar-refractivity contribution in [2.24, 2.45) is 0 Å². The number of hydrogen-bond acceptors (Lipinski definition) is 7. The van der Waals surface area contributed by atoms with Crippen LogP contribution in [0.25, 0.3) is 0 Å². The van der Waals surface area contributed by atoms with Gasteiger partial charge in [-0.3, -0.25) is 4.98 Å². The molecule has 0 saturated carbocycles. The molecule has 1 aliphatic heterocycles. The number of rotatable bonds is 5. The lowest BCUT2D eigenvalue weighted by atomic mass is 9.87. The minimum absolute atomic E-state index is 0.128. The standard InChI is InChI=1S/C22H27N5O2/c1-22(2,3)17-4-6-18(7-5-17)28-15-20-25-26-21(29-20)16-8-12-27(13-9-16)19-14-23-10-11-24-19/h4-7,10-11,14,16H,8-9,12-13,15H2,1-3H3. The van der Waals surface area contributed by atoms with E-state index in [1.165, 1.54) is 5.56 Å². The molecule has 0 unspecified atom stereocenters. The molecule has 7 heteroatoms. The smallest absolute Gasteiger partial charge is 0.253 e. The summed E-state index contributed by atoms with van der Waals surface area (Å²) < 4.78 is 11.7. The number of anilines is 1. The van der Waals surface area contributed by atoms with Crippen molar-refractivity contribution >= 4 is 5.82 Å². The van der Waals surface area contributed by atoms with Crippen molar-refractivity contribution < 1.29 is 9.15 Å². The van der Waals surface area contributed by atoms with E-state index in [0.717, 1.165) is 37.5 Å². The van der Waals surface area contributed by atoms with Crippen LogP contribution in [0.4, 0.5) is 5.82 Å². The molecule has 2 aromatic heterocycles. The van der Waals surface area contributed by atoms with Crippen LogP contribution in [0.3, 0.4) is 0 Å². The Morgan fingerprint density at radius 3 is 2.48 bits per heavy atom. The summed E-state index contributed by atoms with van der Waals surface area (Å²) in [5, 5.41) is 8.42. The maximum atomic E-state index is 5.87. The molecular weight excluding hydrogens is 366 g/mol. The second-order valence-electron chi connectivity index (χ2n) is 8.42. The average Bonchev–Trinajstić information content (AvgIpc) is 3.22. The monoisotopic (exact) mass is 393 g/mol. The molecule has 1 saturated heterocycles. The first-order valence-electron chi connectivity index (χ1n) is 10.1. The fraction of sp³-hybridized carbons (Fsp3) is 0.455. The molecular formula is C22H27N5O2. The van der Waals surface area contributed by atoms with Gasteiger partial charge in [0.1, 0.15) is 11.6 Å². The highest BCUT2D eigenvalue weighted by Gasteiger charge is 2.25. The van der Waals surface area contributed by atoms with Crippen LogP contribution < -0.4 is 9.64 Å². The van der Waals surface area contributed by atoms with E-state index < -0.39 is 0 Å². The molecule has 3 heterocycles. The molecule has 0 N–H and O–H groups in total. The zero-order chi connectivity index (χ0) is 20.3. The Kier molecular flexibility index (Phi) is 5.47. The van der Waals surface area contributed by atoms with Crippen LogP contribution >= 0.6 is 0 Å². The van der Waals surface area contributed by atoms with Crippen molar-refractivity contribution in [3.8, 4) is 5.75 Å². The van der Waals surface area contributed by atoms with E-state index in [4.69, 9.17) is 9.15 Å². The first kappa shape index (κ1) is 19.4. The molecule has 4 rings (SSSR count). The van der Waals surface area contributed by atoms with Gasteiger partial charge in [-0.05, 0) is 36.0 Å². The maximum absolute atomic E-state index is 5.87. The molecule has 0 bridgehead atoms. The minimum atomic E-state index is 0.128. The molecule has 0 spiro atoms. The third kappa shape index (κ3) is 4.72. The molecule has 0 amide bonds. The van der Waals surface area contributed by atoms with Gasteiger partial charge in [-0.2, -0.15) is 0 Å². The minimum Gasteiger partial charge on any atom is -0.484 e. The summed E-state index contributed by atoms with van der Waals surface area (Å²) in [5.41, 5.74) is 1.40. The summed E-state index contributed by atoms with van der Waals surface area (Å²) in [6.45, 7) is 8.66. The molecule has 152 valence electrons. The van der Waals surface area contributed by atoms with Crippen LogP contribution in [-0.4, -0.2) is 33.3 Å². The third-order valence-electron chi connectivity index (χ3n) is 5.28. The quantitative estimate of drug-likeness (QED) is 0.645. The molecule has 29 heavy (non-hydrogen) atoms. The van der Waals surface area contributed by atoms with Crippen LogP contribution in [-0.2, 0) is 12.0 Å². The topological polar surface area (TPSA) is 77.2 Å². The second kappa shape index (κ2) is 8.19. The summed E-state index contributed by atoms with van der Waals surface area (Å²) in [6.07, 6.45) is 7.12. The lowest BCUT2D eigenvalue weighted by molar-refractivity contribution is 0.253. The van der Waals surface area contributed by atoms with E-state index in [2.05, 4.69) is 58.0 Å². The van der Waals surface area contributed by atoms with Gasteiger partial charge in [-0.1, -0.05) is 32.9 Å². The highest BCUT2D eigenvalue weighted by molar-refractivity contribution is 5.35. The molecule has 1 aromatic carbocycles. The lowest BCUT2D eigenvalue weighted by Crippen LogP contribution is -2.33. The van der Waals surface area contributed by atoms with Crippen LogP contribution in [0.2, 0.25) is 0 Å². The zero-order valence-corrected chi connectivity index (χ0v) is 17.2. The predicted octanol–water partition coefficient (Wildman–Crippen LogP) is 4.12. The van der Waals surface area contributed by atoms with Gasteiger partial charge in [-0.25, -0.2) is 4.98 Å². The molecule has 7 nitrogen and oxygen atoms in total. The van der Waals surface area contributed by atoms with Crippen molar-refractivity contribution in [2.75, 3.05) is 18.0 Å². The van der Waals surface area contributed by atoms with E-state index >= 15 is 0 Å². The van der Waals surface area contributed by atoms with Crippen LogP contribution in [0.1, 0.15) is 56.9 Å². The van der Waals surface area contributed by atoms with Crippen molar-refractivity contribution in [3.05, 3.63) is 60.2 Å². The van der Waals surface area contributed by atoms with E-state index in [-0.39, 0.29) is 17.9 Å².